The Labute approximate surface area is 169 Å². The van der Waals surface area contributed by atoms with E-state index in [1.165, 1.54) is 5.56 Å². The third-order valence-corrected chi connectivity index (χ3v) is 4.87. The number of hydrogen-bond donors (Lipinski definition) is 2. The van der Waals surface area contributed by atoms with Crippen molar-refractivity contribution in [3.8, 4) is 22.4 Å². The maximum Gasteiger partial charge on any atom is 0.100 e. The monoisotopic (exact) mass is 388 g/mol. The highest BCUT2D eigenvalue weighted by Gasteiger charge is 2.17. The maximum atomic E-state index is 6.07. The predicted molar refractivity (Wildman–Crippen MR) is 116 cm³/mol. The van der Waals surface area contributed by atoms with Gasteiger partial charge in [-0.05, 0) is 54.4 Å². The van der Waals surface area contributed by atoms with Gasteiger partial charge in [0.15, 0.2) is 0 Å². The summed E-state index contributed by atoms with van der Waals surface area (Å²) < 4.78 is 0. The minimum atomic E-state index is 0.713. The number of halogens is 1. The van der Waals surface area contributed by atoms with Gasteiger partial charge in [0.2, 0.25) is 0 Å². The Morgan fingerprint density at radius 1 is 0.964 bits per heavy atom. The third-order valence-electron chi connectivity index (χ3n) is 4.62. The summed E-state index contributed by atoms with van der Waals surface area (Å²) in [5.74, 6) is 0. The van der Waals surface area contributed by atoms with Crippen LogP contribution < -0.4 is 5.32 Å². The van der Waals surface area contributed by atoms with Crippen molar-refractivity contribution < 1.29 is 0 Å². The SMILES string of the molecule is CCNc1cccc(Cc2[nH]nc(-c3ccc(Cl)cc3)c2-c2ccncc2)c1. The van der Waals surface area contributed by atoms with Crippen LogP contribution >= 0.6 is 11.6 Å². The lowest BCUT2D eigenvalue weighted by Crippen LogP contribution is -1.98. The first-order chi connectivity index (χ1) is 13.7. The Bertz CT molecular complexity index is 1060. The molecule has 140 valence electrons. The van der Waals surface area contributed by atoms with E-state index in [0.717, 1.165) is 46.7 Å². The molecule has 2 aromatic heterocycles. The van der Waals surface area contributed by atoms with E-state index in [4.69, 9.17) is 11.6 Å². The number of nitrogens with zero attached hydrogens (tertiary/aromatic N) is 2. The molecule has 2 aromatic carbocycles. The number of anilines is 1. The van der Waals surface area contributed by atoms with Crippen LogP contribution in [0.15, 0.2) is 73.1 Å². The molecule has 0 fully saturated rings. The predicted octanol–water partition coefficient (Wildman–Crippen LogP) is 5.81. The molecular weight excluding hydrogens is 368 g/mol. The van der Waals surface area contributed by atoms with Crippen molar-refractivity contribution >= 4 is 17.3 Å². The smallest absolute Gasteiger partial charge is 0.100 e. The molecule has 0 saturated heterocycles. The topological polar surface area (TPSA) is 53.6 Å². The minimum Gasteiger partial charge on any atom is -0.385 e. The van der Waals surface area contributed by atoms with Gasteiger partial charge in [0.25, 0.3) is 0 Å². The van der Waals surface area contributed by atoms with Crippen LogP contribution in [0, 0.1) is 0 Å². The summed E-state index contributed by atoms with van der Waals surface area (Å²) in [6.07, 6.45) is 4.38. The lowest BCUT2D eigenvalue weighted by Gasteiger charge is -2.09. The minimum absolute atomic E-state index is 0.713. The van der Waals surface area contributed by atoms with Crippen LogP contribution in [-0.4, -0.2) is 21.7 Å². The highest BCUT2D eigenvalue weighted by molar-refractivity contribution is 6.30. The quantitative estimate of drug-likeness (QED) is 0.438. The summed E-state index contributed by atoms with van der Waals surface area (Å²) in [6, 6.07) is 20.3. The van der Waals surface area contributed by atoms with Crippen LogP contribution in [0.2, 0.25) is 5.02 Å². The molecule has 0 unspecified atom stereocenters. The molecule has 4 nitrogen and oxygen atoms in total. The van der Waals surface area contributed by atoms with Crippen LogP contribution in [0.3, 0.4) is 0 Å². The number of pyridine rings is 1. The summed E-state index contributed by atoms with van der Waals surface area (Å²) in [7, 11) is 0. The standard InChI is InChI=1S/C23H21ClN4/c1-2-26-20-5-3-4-16(14-20)15-21-22(17-10-12-25-13-11-17)23(28-27-21)18-6-8-19(24)9-7-18/h3-14,26H,2,15H2,1H3,(H,27,28). The van der Waals surface area contributed by atoms with Gasteiger partial charge in [0.1, 0.15) is 5.69 Å². The van der Waals surface area contributed by atoms with Gasteiger partial charge in [-0.1, -0.05) is 35.9 Å². The normalized spacial score (nSPS) is 10.8. The van der Waals surface area contributed by atoms with E-state index < -0.39 is 0 Å². The molecular formula is C23H21ClN4. The van der Waals surface area contributed by atoms with Gasteiger partial charge in [-0.3, -0.25) is 10.1 Å². The first-order valence-corrected chi connectivity index (χ1v) is 9.69. The lowest BCUT2D eigenvalue weighted by atomic mass is 9.96. The molecule has 0 aliphatic carbocycles. The van der Waals surface area contributed by atoms with Gasteiger partial charge in [-0.25, -0.2) is 0 Å². The van der Waals surface area contributed by atoms with E-state index in [-0.39, 0.29) is 0 Å². The number of nitrogens with one attached hydrogen (secondary N) is 2. The van der Waals surface area contributed by atoms with E-state index >= 15 is 0 Å². The summed E-state index contributed by atoms with van der Waals surface area (Å²) in [5, 5.41) is 12.0. The zero-order valence-electron chi connectivity index (χ0n) is 15.6. The Kier molecular flexibility index (Phi) is 5.40. The van der Waals surface area contributed by atoms with Gasteiger partial charge in [-0.15, -0.1) is 0 Å². The fourth-order valence-corrected chi connectivity index (χ4v) is 3.48. The van der Waals surface area contributed by atoms with Crippen molar-refractivity contribution in [2.45, 2.75) is 13.3 Å². The Hall–Kier alpha value is -3.11. The summed E-state index contributed by atoms with van der Waals surface area (Å²) in [4.78, 5) is 4.16. The molecule has 0 radical (unpaired) electrons. The Morgan fingerprint density at radius 3 is 2.50 bits per heavy atom. The second-order valence-corrected chi connectivity index (χ2v) is 7.01. The second-order valence-electron chi connectivity index (χ2n) is 6.58. The fourth-order valence-electron chi connectivity index (χ4n) is 3.35. The van der Waals surface area contributed by atoms with Gasteiger partial charge in [-0.2, -0.15) is 5.10 Å². The largest absolute Gasteiger partial charge is 0.385 e. The Morgan fingerprint density at radius 2 is 1.75 bits per heavy atom. The summed E-state index contributed by atoms with van der Waals surface area (Å²) in [5.41, 5.74) is 7.55. The third kappa shape index (κ3) is 3.92. The van der Waals surface area contributed by atoms with Crippen molar-refractivity contribution in [2.24, 2.45) is 0 Å². The number of hydrogen-bond acceptors (Lipinski definition) is 3. The molecule has 4 aromatic rings. The van der Waals surface area contributed by atoms with Crippen LogP contribution in [0.5, 0.6) is 0 Å². The summed E-state index contributed by atoms with van der Waals surface area (Å²) in [6.45, 7) is 3.00. The van der Waals surface area contributed by atoms with Crippen molar-refractivity contribution in [3.63, 3.8) is 0 Å². The van der Waals surface area contributed by atoms with Crippen molar-refractivity contribution in [3.05, 3.63) is 89.3 Å². The highest BCUT2D eigenvalue weighted by Crippen LogP contribution is 2.34. The van der Waals surface area contributed by atoms with Gasteiger partial charge in [0.05, 0.1) is 0 Å². The zero-order valence-corrected chi connectivity index (χ0v) is 16.4. The lowest BCUT2D eigenvalue weighted by molar-refractivity contribution is 0.999. The molecule has 5 heteroatoms. The summed E-state index contributed by atoms with van der Waals surface area (Å²) >= 11 is 6.07. The average Bonchev–Trinajstić information content (AvgIpc) is 3.13. The van der Waals surface area contributed by atoms with E-state index in [1.807, 2.05) is 48.8 Å². The number of rotatable bonds is 6. The van der Waals surface area contributed by atoms with E-state index in [1.54, 1.807) is 0 Å². The van der Waals surface area contributed by atoms with Crippen LogP contribution in [0.4, 0.5) is 5.69 Å². The molecule has 0 aliphatic rings. The zero-order chi connectivity index (χ0) is 19.3. The first kappa shape index (κ1) is 18.3. The van der Waals surface area contributed by atoms with E-state index in [9.17, 15) is 0 Å². The fraction of sp³-hybridized carbons (Fsp3) is 0.130. The van der Waals surface area contributed by atoms with Crippen LogP contribution in [0.25, 0.3) is 22.4 Å². The molecule has 0 saturated carbocycles. The van der Waals surface area contributed by atoms with Crippen LogP contribution in [-0.2, 0) is 6.42 Å². The molecule has 0 bridgehead atoms. The second kappa shape index (κ2) is 8.28. The van der Waals surface area contributed by atoms with Crippen molar-refractivity contribution in [2.75, 3.05) is 11.9 Å². The molecule has 2 heterocycles. The molecule has 28 heavy (non-hydrogen) atoms. The van der Waals surface area contributed by atoms with Crippen molar-refractivity contribution in [1.82, 2.24) is 15.2 Å². The number of aromatic amines is 1. The van der Waals surface area contributed by atoms with Crippen LogP contribution in [0.1, 0.15) is 18.2 Å². The van der Waals surface area contributed by atoms with Gasteiger partial charge < -0.3 is 5.32 Å². The molecule has 0 atom stereocenters. The van der Waals surface area contributed by atoms with Crippen molar-refractivity contribution in [1.29, 1.82) is 0 Å². The molecule has 0 aliphatic heterocycles. The molecule has 0 spiro atoms. The molecule has 4 rings (SSSR count). The van der Waals surface area contributed by atoms with E-state index in [2.05, 4.69) is 51.7 Å². The average molecular weight is 389 g/mol. The van der Waals surface area contributed by atoms with Gasteiger partial charge in [0, 0.05) is 52.9 Å². The van der Waals surface area contributed by atoms with E-state index in [0.29, 0.717) is 5.02 Å². The molecule has 0 amide bonds. The number of aromatic nitrogens is 3. The first-order valence-electron chi connectivity index (χ1n) is 9.31. The maximum absolute atomic E-state index is 6.07. The van der Waals surface area contributed by atoms with Gasteiger partial charge >= 0.3 is 0 Å². The number of H-pyrrole nitrogens is 1. The Balaban J connectivity index is 1.77. The highest BCUT2D eigenvalue weighted by atomic mass is 35.5. The molecule has 2 N–H and O–H groups in total. The number of benzene rings is 2.